The number of hydrogen-bond donors (Lipinski definition) is 1. The molecule has 0 bridgehead atoms. The van der Waals surface area contributed by atoms with E-state index in [1.807, 2.05) is 0 Å². The summed E-state index contributed by atoms with van der Waals surface area (Å²) in [5, 5.41) is 19.8. The van der Waals surface area contributed by atoms with Gasteiger partial charge in [-0.15, -0.1) is 0 Å². The number of benzene rings is 6. The van der Waals surface area contributed by atoms with E-state index >= 15 is 0 Å². The second-order valence-corrected chi connectivity index (χ2v) is 40.1. The first-order valence-corrected chi connectivity index (χ1v) is 38.7. The van der Waals surface area contributed by atoms with Crippen LogP contribution in [0.25, 0.3) is 21.5 Å². The van der Waals surface area contributed by atoms with Gasteiger partial charge in [0.15, 0.2) is 5.79 Å². The molecule has 6 aromatic carbocycles. The fourth-order valence-electron chi connectivity index (χ4n) is 17.3. The standard InChI is InChI=1S/C78H108O12Si2/c1-50(2)91(51(3)4,52(5)6)90-71-43-69-70(88-77(71,14)48-85-92(76(11,12)13,64-30-18-16-19-31-64)65-32-20-17-21-33-65)39-53(7)38-67-68(86-69)42-66(79)72(87-67)55(9)74(82-46-58-35-37-60-27-23-25-29-62(60)41-58)75-73(83-49-80-15)54(8)56(10)78(89-75)44-63(47-84-78)81-45-57-34-36-59-26-22-24-28-61(59)40-57/h16-37,40-41,50-56,63,66-75,79H,38-39,42-49H2,1-15H3/t53-,54+,55-,56+,63+,66-,67+,68-,69+,70-,71-,72+,73-,74+,75-,77+,78-/m1/s1. The lowest BCUT2D eigenvalue weighted by Gasteiger charge is -2.56. The normalized spacial score (nSPS) is 31.4. The third-order valence-electron chi connectivity index (χ3n) is 22.2. The van der Waals surface area contributed by atoms with Crippen LogP contribution in [-0.4, -0.2) is 127 Å². The molecule has 5 saturated heterocycles. The molecular formula is C78H108O12Si2. The number of ether oxygens (including phenoxy) is 9. The van der Waals surface area contributed by atoms with Crippen LogP contribution >= 0.6 is 0 Å². The van der Waals surface area contributed by atoms with Gasteiger partial charge in [-0.25, -0.2) is 0 Å². The summed E-state index contributed by atoms with van der Waals surface area (Å²) in [5.41, 5.74) is 2.33. The average Bonchev–Trinajstić information content (AvgIpc) is 1.11. The molecule has 5 heterocycles. The molecule has 6 aromatic rings. The van der Waals surface area contributed by atoms with E-state index in [-0.39, 0.29) is 60.1 Å². The Morgan fingerprint density at radius 2 is 1.15 bits per heavy atom. The molecule has 5 fully saturated rings. The largest absolute Gasteiger partial charge is 0.410 e. The highest BCUT2D eigenvalue weighted by Gasteiger charge is 2.61. The Balaban J connectivity index is 0.883. The lowest BCUT2D eigenvalue weighted by Crippen LogP contribution is -2.70. The van der Waals surface area contributed by atoms with Crippen molar-refractivity contribution in [1.82, 2.24) is 0 Å². The molecule has 500 valence electrons. The predicted octanol–water partition coefficient (Wildman–Crippen LogP) is 15.3. The summed E-state index contributed by atoms with van der Waals surface area (Å²) < 4.78 is 79.6. The molecule has 0 amide bonds. The maximum Gasteiger partial charge on any atom is 0.261 e. The number of aliphatic hydroxyl groups excluding tert-OH is 1. The third kappa shape index (κ3) is 14.0. The van der Waals surface area contributed by atoms with Crippen LogP contribution in [0, 0.1) is 23.7 Å². The maximum absolute atomic E-state index is 12.9. The molecule has 1 spiro atoms. The van der Waals surface area contributed by atoms with E-state index in [1.165, 1.54) is 21.1 Å². The van der Waals surface area contributed by atoms with E-state index in [1.54, 1.807) is 7.11 Å². The fourth-order valence-corrected chi connectivity index (χ4v) is 27.6. The quantitative estimate of drug-likeness (QED) is 0.0514. The minimum atomic E-state index is -3.00. The van der Waals surface area contributed by atoms with Gasteiger partial charge in [0.25, 0.3) is 8.32 Å². The van der Waals surface area contributed by atoms with Crippen LogP contribution in [0.5, 0.6) is 0 Å². The Labute approximate surface area is 552 Å². The van der Waals surface area contributed by atoms with Crippen LogP contribution in [-0.2, 0) is 64.7 Å². The SMILES string of the molecule is COCO[C@@H]1[C@@H](C)[C@H](C)[C@@]2(C[C@H](OCc3ccc4ccccc4c3)CO2)O[C@H]1[C@@H](OCc1ccc2ccccc2c1)[C@H](C)[C@@H]1O[C@H]2C[C@@H](C)C[C@H]3O[C@@](C)(CO[Si](c4ccccc4)(c4ccccc4)C(C)(C)C)[C@H](O[Si](C(C)C)(C(C)C)C(C)C)C[C@@H]3O[C@@H]2C[C@H]1O. The van der Waals surface area contributed by atoms with Crippen LogP contribution in [0.1, 0.15) is 140 Å². The number of hydrogen-bond acceptors (Lipinski definition) is 12. The van der Waals surface area contributed by atoms with E-state index in [9.17, 15) is 5.11 Å². The average molecular weight is 1290 g/mol. The molecule has 92 heavy (non-hydrogen) atoms. The molecule has 0 saturated carbocycles. The molecule has 0 unspecified atom stereocenters. The van der Waals surface area contributed by atoms with E-state index in [0.29, 0.717) is 62.3 Å². The van der Waals surface area contributed by atoms with Crippen molar-refractivity contribution in [2.45, 2.75) is 242 Å². The van der Waals surface area contributed by atoms with E-state index in [4.69, 9.17) is 51.5 Å². The summed E-state index contributed by atoms with van der Waals surface area (Å²) in [6.07, 6.45) is -2.11. The van der Waals surface area contributed by atoms with Crippen molar-refractivity contribution in [3.05, 3.63) is 157 Å². The predicted molar refractivity (Wildman–Crippen MR) is 371 cm³/mol. The summed E-state index contributed by atoms with van der Waals surface area (Å²) in [4.78, 5) is 0. The summed E-state index contributed by atoms with van der Waals surface area (Å²) in [5.74, 6) is -1.35. The summed E-state index contributed by atoms with van der Waals surface area (Å²) in [6, 6.07) is 51.6. The Morgan fingerprint density at radius 1 is 0.609 bits per heavy atom. The van der Waals surface area contributed by atoms with Gasteiger partial charge in [0.05, 0.1) is 87.5 Å². The van der Waals surface area contributed by atoms with Gasteiger partial charge < -0.3 is 56.6 Å². The van der Waals surface area contributed by atoms with Gasteiger partial charge >= 0.3 is 0 Å². The number of methoxy groups -OCH3 is 1. The van der Waals surface area contributed by atoms with Crippen LogP contribution < -0.4 is 10.4 Å². The van der Waals surface area contributed by atoms with E-state index in [0.717, 1.165) is 34.7 Å². The minimum absolute atomic E-state index is 0.0549. The fraction of sp³-hybridized carbons (Fsp3) is 0.590. The Hall–Kier alpha value is -4.21. The second kappa shape index (κ2) is 28.9. The number of rotatable bonds is 22. The van der Waals surface area contributed by atoms with Crippen LogP contribution in [0.15, 0.2) is 146 Å². The Kier molecular flexibility index (Phi) is 21.7. The molecule has 17 atom stereocenters. The maximum atomic E-state index is 12.9. The van der Waals surface area contributed by atoms with Gasteiger partial charge in [0.1, 0.15) is 18.5 Å². The van der Waals surface area contributed by atoms with Crippen molar-refractivity contribution in [2.24, 2.45) is 23.7 Å². The lowest BCUT2D eigenvalue weighted by molar-refractivity contribution is -0.351. The molecule has 11 rings (SSSR count). The van der Waals surface area contributed by atoms with Crippen molar-refractivity contribution in [1.29, 1.82) is 0 Å². The highest BCUT2D eigenvalue weighted by molar-refractivity contribution is 6.99. The Bertz CT molecular complexity index is 3280. The van der Waals surface area contributed by atoms with Gasteiger partial charge in [-0.3, -0.25) is 0 Å². The van der Waals surface area contributed by atoms with Gasteiger partial charge in [-0.1, -0.05) is 223 Å². The number of aliphatic hydroxyl groups is 1. The molecule has 5 aliphatic heterocycles. The zero-order chi connectivity index (χ0) is 65.3. The van der Waals surface area contributed by atoms with Crippen molar-refractivity contribution in [3.8, 4) is 0 Å². The van der Waals surface area contributed by atoms with Crippen molar-refractivity contribution >= 4 is 48.6 Å². The van der Waals surface area contributed by atoms with Gasteiger partial charge in [0.2, 0.25) is 8.32 Å². The molecule has 14 heteroatoms. The third-order valence-corrected chi connectivity index (χ3v) is 33.3. The molecule has 5 aliphatic rings. The van der Waals surface area contributed by atoms with Gasteiger partial charge in [-0.2, -0.15) is 0 Å². The van der Waals surface area contributed by atoms with E-state index < -0.39 is 70.6 Å². The van der Waals surface area contributed by atoms with Gasteiger partial charge in [-0.05, 0) is 108 Å². The highest BCUT2D eigenvalue weighted by Crippen LogP contribution is 2.52. The summed E-state index contributed by atoms with van der Waals surface area (Å²) in [7, 11) is -3.87. The highest BCUT2D eigenvalue weighted by atomic mass is 28.4. The smallest absolute Gasteiger partial charge is 0.261 e. The van der Waals surface area contributed by atoms with Crippen molar-refractivity contribution in [2.75, 3.05) is 27.1 Å². The summed E-state index contributed by atoms with van der Waals surface area (Å²) in [6.45, 7) is 33.9. The lowest BCUT2D eigenvalue weighted by atomic mass is 9.74. The molecule has 0 aliphatic carbocycles. The minimum Gasteiger partial charge on any atom is -0.410 e. The van der Waals surface area contributed by atoms with Crippen LogP contribution in [0.2, 0.25) is 21.7 Å². The zero-order valence-electron chi connectivity index (χ0n) is 57.8. The van der Waals surface area contributed by atoms with Crippen LogP contribution in [0.3, 0.4) is 0 Å². The molecular weight excluding hydrogens is 1190 g/mol. The van der Waals surface area contributed by atoms with Crippen molar-refractivity contribution < 1.29 is 56.6 Å². The Morgan fingerprint density at radius 3 is 1.73 bits per heavy atom. The van der Waals surface area contributed by atoms with Crippen molar-refractivity contribution in [3.63, 3.8) is 0 Å². The van der Waals surface area contributed by atoms with E-state index in [2.05, 4.69) is 243 Å². The monoisotopic (exact) mass is 1290 g/mol. The molecule has 12 nitrogen and oxygen atoms in total. The first kappa shape index (κ1) is 69.2. The molecule has 0 radical (unpaired) electrons. The first-order valence-electron chi connectivity index (χ1n) is 34.7. The topological polar surface area (TPSA) is 122 Å². The molecule has 0 aromatic heterocycles. The zero-order valence-corrected chi connectivity index (χ0v) is 59.8. The molecule has 1 N–H and O–H groups in total. The first-order chi connectivity index (χ1) is 44.0. The van der Waals surface area contributed by atoms with Gasteiger partial charge in [0, 0.05) is 38.2 Å². The summed E-state index contributed by atoms with van der Waals surface area (Å²) >= 11 is 0. The second-order valence-electron chi connectivity index (χ2n) is 30.3. The number of fused-ring (bicyclic) bond motifs is 4. The van der Waals surface area contributed by atoms with Crippen LogP contribution in [0.4, 0.5) is 0 Å².